The molecular weight excluding hydrogens is 204 g/mol. The van der Waals surface area contributed by atoms with Gasteiger partial charge in [-0.2, -0.15) is 0 Å². The molecule has 1 aromatic heterocycles. The molecule has 1 fully saturated rings. The van der Waals surface area contributed by atoms with Gasteiger partial charge in [-0.15, -0.1) is 0 Å². The zero-order chi connectivity index (χ0) is 11.2. The van der Waals surface area contributed by atoms with Gasteiger partial charge >= 0.3 is 0 Å². The number of hydrogen-bond acceptors (Lipinski definition) is 4. The van der Waals surface area contributed by atoms with Gasteiger partial charge in [0, 0.05) is 12.8 Å². The molecule has 0 aromatic carbocycles. The van der Waals surface area contributed by atoms with Crippen molar-refractivity contribution in [3.8, 4) is 5.75 Å². The fraction of sp³-hybridized carbons (Fsp3) is 0.583. The second-order valence-electron chi connectivity index (χ2n) is 3.84. The maximum atomic E-state index is 5.51. The minimum absolute atomic E-state index is 0.350. The first-order chi connectivity index (χ1) is 7.90. The van der Waals surface area contributed by atoms with E-state index in [1.54, 1.807) is 6.20 Å². The second kappa shape index (κ2) is 5.70. The van der Waals surface area contributed by atoms with Crippen LogP contribution >= 0.6 is 0 Å². The lowest BCUT2D eigenvalue weighted by Crippen LogP contribution is -2.30. The molecule has 0 amide bonds. The number of ether oxygens (including phenoxy) is 2. The molecule has 0 radical (unpaired) electrons. The summed E-state index contributed by atoms with van der Waals surface area (Å²) in [4.78, 5) is 4.30. The van der Waals surface area contributed by atoms with Crippen LogP contribution in [-0.2, 0) is 4.74 Å². The van der Waals surface area contributed by atoms with Crippen LogP contribution in [0.2, 0.25) is 0 Å². The summed E-state index contributed by atoms with van der Waals surface area (Å²) < 4.78 is 10.9. The molecule has 16 heavy (non-hydrogen) atoms. The van der Waals surface area contributed by atoms with Crippen molar-refractivity contribution >= 4 is 5.82 Å². The monoisotopic (exact) mass is 222 g/mol. The van der Waals surface area contributed by atoms with Gasteiger partial charge < -0.3 is 14.8 Å². The third kappa shape index (κ3) is 2.85. The first-order valence-electron chi connectivity index (χ1n) is 5.82. The Morgan fingerprint density at radius 3 is 3.31 bits per heavy atom. The second-order valence-corrected chi connectivity index (χ2v) is 3.84. The fourth-order valence-electron chi connectivity index (χ4n) is 1.82. The number of nitrogens with zero attached hydrogens (tertiary/aromatic N) is 1. The average Bonchev–Trinajstić information content (AvgIpc) is 2.33. The van der Waals surface area contributed by atoms with E-state index in [9.17, 15) is 0 Å². The third-order valence-corrected chi connectivity index (χ3v) is 2.57. The van der Waals surface area contributed by atoms with Crippen molar-refractivity contribution in [2.45, 2.75) is 25.8 Å². The minimum Gasteiger partial charge on any atom is -0.490 e. The van der Waals surface area contributed by atoms with Crippen LogP contribution in [0.15, 0.2) is 18.3 Å². The Balaban J connectivity index is 2.01. The Morgan fingerprint density at radius 1 is 1.62 bits per heavy atom. The van der Waals surface area contributed by atoms with Crippen LogP contribution in [0.3, 0.4) is 0 Å². The summed E-state index contributed by atoms with van der Waals surface area (Å²) in [6.07, 6.45) is 4.01. The zero-order valence-electron chi connectivity index (χ0n) is 9.61. The van der Waals surface area contributed by atoms with Crippen LogP contribution in [0.25, 0.3) is 0 Å². The SMILES string of the molecule is CCOc1cccnc1NC1CCCOC1. The van der Waals surface area contributed by atoms with Crippen LogP contribution in [0.4, 0.5) is 5.82 Å². The molecule has 2 rings (SSSR count). The predicted octanol–water partition coefficient (Wildman–Crippen LogP) is 2.07. The first kappa shape index (κ1) is 11.2. The van der Waals surface area contributed by atoms with Gasteiger partial charge in [-0.1, -0.05) is 0 Å². The number of aromatic nitrogens is 1. The summed E-state index contributed by atoms with van der Waals surface area (Å²) in [6, 6.07) is 4.17. The Hall–Kier alpha value is -1.29. The Kier molecular flexibility index (Phi) is 3.99. The van der Waals surface area contributed by atoms with Crippen molar-refractivity contribution < 1.29 is 9.47 Å². The maximum absolute atomic E-state index is 5.51. The summed E-state index contributed by atoms with van der Waals surface area (Å²) in [5.74, 6) is 1.63. The van der Waals surface area contributed by atoms with E-state index >= 15 is 0 Å². The van der Waals surface area contributed by atoms with Gasteiger partial charge in [0.1, 0.15) is 0 Å². The van der Waals surface area contributed by atoms with Crippen LogP contribution in [0.1, 0.15) is 19.8 Å². The van der Waals surface area contributed by atoms with Gasteiger partial charge in [-0.25, -0.2) is 4.98 Å². The van der Waals surface area contributed by atoms with E-state index < -0.39 is 0 Å². The van der Waals surface area contributed by atoms with E-state index in [1.165, 1.54) is 0 Å². The molecular formula is C12H18N2O2. The molecule has 1 saturated heterocycles. The molecule has 1 N–H and O–H groups in total. The molecule has 1 aliphatic rings. The van der Waals surface area contributed by atoms with Crippen molar-refractivity contribution in [1.29, 1.82) is 0 Å². The summed E-state index contributed by atoms with van der Waals surface area (Å²) in [6.45, 7) is 4.25. The average molecular weight is 222 g/mol. The summed E-state index contributed by atoms with van der Waals surface area (Å²) in [5.41, 5.74) is 0. The smallest absolute Gasteiger partial charge is 0.169 e. The highest BCUT2D eigenvalue weighted by atomic mass is 16.5. The van der Waals surface area contributed by atoms with E-state index in [2.05, 4.69) is 10.3 Å². The lowest BCUT2D eigenvalue weighted by Gasteiger charge is -2.24. The van der Waals surface area contributed by atoms with Crippen LogP contribution in [0, 0.1) is 0 Å². The number of anilines is 1. The molecule has 0 saturated carbocycles. The molecule has 0 aliphatic carbocycles. The Labute approximate surface area is 96.0 Å². The van der Waals surface area contributed by atoms with Gasteiger partial charge in [0.05, 0.1) is 19.3 Å². The number of hydrogen-bond donors (Lipinski definition) is 1. The van der Waals surface area contributed by atoms with Crippen molar-refractivity contribution in [2.24, 2.45) is 0 Å². The van der Waals surface area contributed by atoms with E-state index in [0.29, 0.717) is 12.6 Å². The van der Waals surface area contributed by atoms with Crippen LogP contribution in [0.5, 0.6) is 5.75 Å². The Morgan fingerprint density at radius 2 is 2.56 bits per heavy atom. The largest absolute Gasteiger partial charge is 0.490 e. The van der Waals surface area contributed by atoms with E-state index in [-0.39, 0.29) is 0 Å². The highest BCUT2D eigenvalue weighted by Crippen LogP contribution is 2.23. The van der Waals surface area contributed by atoms with Crippen molar-refractivity contribution in [3.63, 3.8) is 0 Å². The lowest BCUT2D eigenvalue weighted by molar-refractivity contribution is 0.0874. The van der Waals surface area contributed by atoms with Crippen LogP contribution in [-0.4, -0.2) is 30.8 Å². The van der Waals surface area contributed by atoms with E-state index in [0.717, 1.165) is 37.6 Å². The summed E-state index contributed by atoms with van der Waals surface area (Å²) in [5, 5.41) is 3.37. The fourth-order valence-corrected chi connectivity index (χ4v) is 1.82. The van der Waals surface area contributed by atoms with E-state index in [1.807, 2.05) is 19.1 Å². The maximum Gasteiger partial charge on any atom is 0.169 e. The third-order valence-electron chi connectivity index (χ3n) is 2.57. The Bertz CT molecular complexity index is 325. The van der Waals surface area contributed by atoms with Gasteiger partial charge in [-0.05, 0) is 31.9 Å². The molecule has 1 aliphatic heterocycles. The van der Waals surface area contributed by atoms with Crippen molar-refractivity contribution in [3.05, 3.63) is 18.3 Å². The molecule has 0 spiro atoms. The summed E-state index contributed by atoms with van der Waals surface area (Å²) >= 11 is 0. The molecule has 1 unspecified atom stereocenters. The van der Waals surface area contributed by atoms with Crippen LogP contribution < -0.4 is 10.1 Å². The van der Waals surface area contributed by atoms with Crippen molar-refractivity contribution in [1.82, 2.24) is 4.98 Å². The molecule has 1 atom stereocenters. The van der Waals surface area contributed by atoms with Gasteiger partial charge in [0.2, 0.25) is 0 Å². The number of pyridine rings is 1. The molecule has 0 bridgehead atoms. The molecule has 4 nitrogen and oxygen atoms in total. The molecule has 88 valence electrons. The molecule has 4 heteroatoms. The first-order valence-corrected chi connectivity index (χ1v) is 5.82. The van der Waals surface area contributed by atoms with Gasteiger partial charge in [0.25, 0.3) is 0 Å². The predicted molar refractivity (Wildman–Crippen MR) is 62.9 cm³/mol. The number of rotatable bonds is 4. The molecule has 1 aromatic rings. The van der Waals surface area contributed by atoms with Gasteiger partial charge in [-0.3, -0.25) is 0 Å². The normalized spacial score (nSPS) is 20.4. The van der Waals surface area contributed by atoms with Gasteiger partial charge in [0.15, 0.2) is 11.6 Å². The number of nitrogens with one attached hydrogen (secondary N) is 1. The van der Waals surface area contributed by atoms with Crippen molar-refractivity contribution in [2.75, 3.05) is 25.1 Å². The highest BCUT2D eigenvalue weighted by molar-refractivity contribution is 5.50. The summed E-state index contributed by atoms with van der Waals surface area (Å²) in [7, 11) is 0. The topological polar surface area (TPSA) is 43.4 Å². The highest BCUT2D eigenvalue weighted by Gasteiger charge is 2.15. The lowest BCUT2D eigenvalue weighted by atomic mass is 10.1. The zero-order valence-corrected chi connectivity index (χ0v) is 9.61. The molecule has 2 heterocycles. The standard InChI is InChI=1S/C12H18N2O2/c1-2-16-11-6-3-7-13-12(11)14-10-5-4-8-15-9-10/h3,6-7,10H,2,4-5,8-9H2,1H3,(H,13,14). The van der Waals surface area contributed by atoms with E-state index in [4.69, 9.17) is 9.47 Å². The minimum atomic E-state index is 0.350. The quantitative estimate of drug-likeness (QED) is 0.847.